The normalized spacial score (nSPS) is 17.2. The first-order valence-corrected chi connectivity index (χ1v) is 6.97. The lowest BCUT2D eigenvalue weighted by molar-refractivity contribution is 0.188. The van der Waals surface area contributed by atoms with Crippen LogP contribution in [0.1, 0.15) is 12.2 Å². The number of furan rings is 1. The Morgan fingerprint density at radius 2 is 2.32 bits per heavy atom. The standard InChI is InChI=1S/C13H21N3O2S/c1-17-11-14-13(19)16-6-3-5-15(7-8-16)10-12-4-2-9-18-12/h2,4,9H,3,5-8,10-11H2,1H3,(H,14,19). The van der Waals surface area contributed by atoms with Crippen molar-refractivity contribution in [3.63, 3.8) is 0 Å². The number of ether oxygens (including phenoxy) is 1. The highest BCUT2D eigenvalue weighted by Crippen LogP contribution is 2.09. The molecule has 0 aromatic carbocycles. The van der Waals surface area contributed by atoms with Gasteiger partial charge in [0.05, 0.1) is 12.8 Å². The summed E-state index contributed by atoms with van der Waals surface area (Å²) in [6, 6.07) is 3.96. The zero-order valence-corrected chi connectivity index (χ0v) is 12.1. The molecule has 6 heteroatoms. The van der Waals surface area contributed by atoms with E-state index in [2.05, 4.69) is 15.1 Å². The summed E-state index contributed by atoms with van der Waals surface area (Å²) in [5.41, 5.74) is 0. The van der Waals surface area contributed by atoms with Crippen LogP contribution in [0.25, 0.3) is 0 Å². The van der Waals surface area contributed by atoms with E-state index < -0.39 is 0 Å². The highest BCUT2D eigenvalue weighted by atomic mass is 32.1. The summed E-state index contributed by atoms with van der Waals surface area (Å²) in [4.78, 5) is 4.61. The van der Waals surface area contributed by atoms with Crippen molar-refractivity contribution in [2.75, 3.05) is 40.0 Å². The van der Waals surface area contributed by atoms with E-state index >= 15 is 0 Å². The Balaban J connectivity index is 1.79. The summed E-state index contributed by atoms with van der Waals surface area (Å²) < 4.78 is 10.4. The number of methoxy groups -OCH3 is 1. The van der Waals surface area contributed by atoms with Gasteiger partial charge in [-0.05, 0) is 30.8 Å². The largest absolute Gasteiger partial charge is 0.468 e. The van der Waals surface area contributed by atoms with Crippen LogP contribution in [0.5, 0.6) is 0 Å². The second kappa shape index (κ2) is 7.47. The minimum atomic E-state index is 0.464. The fourth-order valence-corrected chi connectivity index (χ4v) is 2.44. The molecule has 1 N–H and O–H groups in total. The Morgan fingerprint density at radius 3 is 3.05 bits per heavy atom. The Kier molecular flexibility index (Phi) is 5.62. The Morgan fingerprint density at radius 1 is 1.42 bits per heavy atom. The minimum absolute atomic E-state index is 0.464. The predicted octanol–water partition coefficient (Wildman–Crippen LogP) is 1.27. The molecule has 106 valence electrons. The highest BCUT2D eigenvalue weighted by molar-refractivity contribution is 7.80. The molecule has 5 nitrogen and oxygen atoms in total. The predicted molar refractivity (Wildman–Crippen MR) is 77.8 cm³/mol. The van der Waals surface area contributed by atoms with Crippen LogP contribution in [-0.2, 0) is 11.3 Å². The van der Waals surface area contributed by atoms with E-state index in [-0.39, 0.29) is 0 Å². The van der Waals surface area contributed by atoms with Gasteiger partial charge in [-0.3, -0.25) is 4.90 Å². The molecule has 1 aromatic rings. The SMILES string of the molecule is COCNC(=S)N1CCCN(Cc2ccco2)CC1. The van der Waals surface area contributed by atoms with Crippen molar-refractivity contribution >= 4 is 17.3 Å². The third-order valence-electron chi connectivity index (χ3n) is 3.20. The molecule has 1 aliphatic rings. The average molecular weight is 283 g/mol. The second-order valence-corrected chi connectivity index (χ2v) is 5.00. The summed E-state index contributed by atoms with van der Waals surface area (Å²) in [7, 11) is 1.66. The number of hydrogen-bond donors (Lipinski definition) is 1. The summed E-state index contributed by atoms with van der Waals surface area (Å²) in [5, 5.41) is 3.87. The van der Waals surface area contributed by atoms with Crippen molar-refractivity contribution in [3.05, 3.63) is 24.2 Å². The fourth-order valence-electron chi connectivity index (χ4n) is 2.20. The molecule has 0 radical (unpaired) electrons. The summed E-state index contributed by atoms with van der Waals surface area (Å²) in [5.74, 6) is 1.02. The van der Waals surface area contributed by atoms with Gasteiger partial charge in [-0.1, -0.05) is 0 Å². The molecule has 1 saturated heterocycles. The summed E-state index contributed by atoms with van der Waals surface area (Å²) in [6.45, 7) is 5.34. The van der Waals surface area contributed by atoms with Gasteiger partial charge in [0.2, 0.25) is 0 Å². The van der Waals surface area contributed by atoms with Crippen molar-refractivity contribution in [1.82, 2.24) is 15.1 Å². The first-order chi connectivity index (χ1) is 9.29. The molecule has 0 bridgehead atoms. The first kappa shape index (κ1) is 14.3. The van der Waals surface area contributed by atoms with E-state index in [1.165, 1.54) is 0 Å². The maximum atomic E-state index is 5.39. The molecule has 1 aliphatic heterocycles. The van der Waals surface area contributed by atoms with Crippen LogP contribution in [0.4, 0.5) is 0 Å². The molecule has 0 spiro atoms. The van der Waals surface area contributed by atoms with Gasteiger partial charge in [-0.2, -0.15) is 0 Å². The van der Waals surface area contributed by atoms with Crippen LogP contribution in [0.15, 0.2) is 22.8 Å². The van der Waals surface area contributed by atoms with E-state index in [9.17, 15) is 0 Å². The van der Waals surface area contributed by atoms with Crippen molar-refractivity contribution in [2.45, 2.75) is 13.0 Å². The van der Waals surface area contributed by atoms with Crippen LogP contribution < -0.4 is 5.32 Å². The molecule has 1 fully saturated rings. The Bertz CT molecular complexity index is 383. The molecule has 1 aromatic heterocycles. The molecule has 0 saturated carbocycles. The fraction of sp³-hybridized carbons (Fsp3) is 0.615. The van der Waals surface area contributed by atoms with Crippen molar-refractivity contribution in [1.29, 1.82) is 0 Å². The maximum Gasteiger partial charge on any atom is 0.170 e. The third-order valence-corrected chi connectivity index (χ3v) is 3.61. The van der Waals surface area contributed by atoms with Gasteiger partial charge < -0.3 is 19.4 Å². The van der Waals surface area contributed by atoms with Crippen molar-refractivity contribution in [3.8, 4) is 0 Å². The smallest absolute Gasteiger partial charge is 0.170 e. The van der Waals surface area contributed by atoms with Crippen molar-refractivity contribution in [2.24, 2.45) is 0 Å². The van der Waals surface area contributed by atoms with Gasteiger partial charge in [0, 0.05) is 33.3 Å². The molecule has 0 atom stereocenters. The first-order valence-electron chi connectivity index (χ1n) is 6.56. The van der Waals surface area contributed by atoms with Gasteiger partial charge in [0.25, 0.3) is 0 Å². The summed E-state index contributed by atoms with van der Waals surface area (Å²) in [6.07, 6.45) is 2.83. The highest BCUT2D eigenvalue weighted by Gasteiger charge is 2.17. The zero-order valence-electron chi connectivity index (χ0n) is 11.3. The van der Waals surface area contributed by atoms with Gasteiger partial charge in [0.1, 0.15) is 12.5 Å². The van der Waals surface area contributed by atoms with E-state index in [0.29, 0.717) is 6.73 Å². The Hall–Kier alpha value is -1.11. The molecule has 0 unspecified atom stereocenters. The topological polar surface area (TPSA) is 40.9 Å². The molecule has 0 aliphatic carbocycles. The van der Waals surface area contributed by atoms with E-state index in [1.54, 1.807) is 13.4 Å². The monoisotopic (exact) mass is 283 g/mol. The third kappa shape index (κ3) is 4.49. The number of thiocarbonyl (C=S) groups is 1. The number of rotatable bonds is 4. The van der Waals surface area contributed by atoms with Gasteiger partial charge >= 0.3 is 0 Å². The molecular weight excluding hydrogens is 262 g/mol. The quantitative estimate of drug-likeness (QED) is 0.663. The van der Waals surface area contributed by atoms with Crippen LogP contribution in [0.3, 0.4) is 0 Å². The molecule has 0 amide bonds. The van der Waals surface area contributed by atoms with E-state index in [1.807, 2.05) is 12.1 Å². The molecule has 2 rings (SSSR count). The lowest BCUT2D eigenvalue weighted by Crippen LogP contribution is -2.42. The lowest BCUT2D eigenvalue weighted by Gasteiger charge is -2.24. The number of nitrogens with zero attached hydrogens (tertiary/aromatic N) is 2. The van der Waals surface area contributed by atoms with Crippen LogP contribution in [-0.4, -0.2) is 54.9 Å². The van der Waals surface area contributed by atoms with Crippen LogP contribution in [0.2, 0.25) is 0 Å². The van der Waals surface area contributed by atoms with Gasteiger partial charge in [-0.15, -0.1) is 0 Å². The minimum Gasteiger partial charge on any atom is -0.468 e. The molecule has 19 heavy (non-hydrogen) atoms. The van der Waals surface area contributed by atoms with Crippen LogP contribution >= 0.6 is 12.2 Å². The van der Waals surface area contributed by atoms with Crippen LogP contribution in [0, 0.1) is 0 Å². The second-order valence-electron chi connectivity index (χ2n) is 4.61. The molecular formula is C13H21N3O2S. The zero-order chi connectivity index (χ0) is 13.5. The number of hydrogen-bond acceptors (Lipinski definition) is 4. The molecule has 2 heterocycles. The van der Waals surface area contributed by atoms with Gasteiger partial charge in [-0.25, -0.2) is 0 Å². The van der Waals surface area contributed by atoms with E-state index in [4.69, 9.17) is 21.4 Å². The maximum absolute atomic E-state index is 5.39. The van der Waals surface area contributed by atoms with E-state index in [0.717, 1.165) is 50.0 Å². The Labute approximate surface area is 119 Å². The number of nitrogens with one attached hydrogen (secondary N) is 1. The average Bonchev–Trinajstić information content (AvgIpc) is 2.81. The summed E-state index contributed by atoms with van der Waals surface area (Å²) >= 11 is 5.35. The van der Waals surface area contributed by atoms with Crippen molar-refractivity contribution < 1.29 is 9.15 Å². The lowest BCUT2D eigenvalue weighted by atomic mass is 10.3. The van der Waals surface area contributed by atoms with Gasteiger partial charge in [0.15, 0.2) is 5.11 Å².